The number of unbranched alkanes of at least 4 members (excludes halogenated alkanes) is 1. The third-order valence-electron chi connectivity index (χ3n) is 7.20. The first-order valence-electron chi connectivity index (χ1n) is 15.2. The lowest BCUT2D eigenvalue weighted by atomic mass is 9.89. The van der Waals surface area contributed by atoms with E-state index < -0.39 is 83.3 Å². The van der Waals surface area contributed by atoms with E-state index in [1.54, 1.807) is 18.2 Å². The van der Waals surface area contributed by atoms with E-state index in [9.17, 15) is 58.3 Å². The molecule has 2 rings (SSSR count). The number of hydrogen-bond acceptors (Lipinski definition) is 14. The minimum atomic E-state index is -4.54. The molecule has 274 valence electrons. The average Bonchev–Trinajstić information content (AvgIpc) is 3.30. The number of hydrogen-bond donors (Lipinski definition) is 3. The number of ether oxygens (including phenoxy) is 3. The van der Waals surface area contributed by atoms with Gasteiger partial charge in [-0.25, -0.2) is 0 Å². The molecular weight excluding hydrogens is 669 g/mol. The molecule has 0 bridgehead atoms. The van der Waals surface area contributed by atoms with Gasteiger partial charge in [-0.15, -0.1) is 20.2 Å². The van der Waals surface area contributed by atoms with Crippen molar-refractivity contribution in [2.24, 2.45) is 11.8 Å². The van der Waals surface area contributed by atoms with Crippen molar-refractivity contribution in [2.75, 3.05) is 26.4 Å². The first-order valence-corrected chi connectivity index (χ1v) is 15.2. The van der Waals surface area contributed by atoms with Gasteiger partial charge < -0.3 is 39.2 Å². The minimum Gasteiger partial charge on any atom is -0.491 e. The number of halogens is 3. The monoisotopic (exact) mass is 708 g/mol. The van der Waals surface area contributed by atoms with Gasteiger partial charge in [0, 0.05) is 25.2 Å². The largest absolute Gasteiger partial charge is 0.491 e. The maximum atomic E-state index is 12.9. The van der Waals surface area contributed by atoms with Crippen molar-refractivity contribution in [3.8, 4) is 5.75 Å². The van der Waals surface area contributed by atoms with Crippen LogP contribution in [0.5, 0.6) is 5.75 Å². The van der Waals surface area contributed by atoms with Gasteiger partial charge in [-0.1, -0.05) is 30.4 Å². The van der Waals surface area contributed by atoms with Crippen LogP contribution < -0.4 is 4.74 Å². The molecule has 0 aromatic heterocycles. The Morgan fingerprint density at radius 2 is 1.69 bits per heavy atom. The summed E-state index contributed by atoms with van der Waals surface area (Å²) in [5, 5.41) is 49.6. The normalized spacial score (nSPS) is 20.5. The van der Waals surface area contributed by atoms with Crippen molar-refractivity contribution in [3.63, 3.8) is 0 Å². The van der Waals surface area contributed by atoms with E-state index in [2.05, 4.69) is 9.68 Å². The van der Waals surface area contributed by atoms with Crippen LogP contribution in [0.25, 0.3) is 0 Å². The van der Waals surface area contributed by atoms with Crippen LogP contribution in [0, 0.1) is 32.1 Å². The molecule has 1 fully saturated rings. The summed E-state index contributed by atoms with van der Waals surface area (Å²) < 4.78 is 54.0. The molecular formula is C30H39F3N2O14. The fourth-order valence-electron chi connectivity index (χ4n) is 4.82. The molecule has 1 aromatic carbocycles. The summed E-state index contributed by atoms with van der Waals surface area (Å²) in [5.41, 5.74) is -0.889. The van der Waals surface area contributed by atoms with Crippen molar-refractivity contribution < 1.29 is 72.1 Å². The van der Waals surface area contributed by atoms with Gasteiger partial charge in [-0.05, 0) is 49.8 Å². The lowest BCUT2D eigenvalue weighted by Crippen LogP contribution is -2.30. The summed E-state index contributed by atoms with van der Waals surface area (Å²) in [4.78, 5) is 52.9. The highest BCUT2D eigenvalue weighted by atomic mass is 19.4. The second kappa shape index (κ2) is 20.8. The Labute approximate surface area is 278 Å². The van der Waals surface area contributed by atoms with Crippen LogP contribution in [-0.2, 0) is 34.9 Å². The molecule has 3 N–H and O–H groups in total. The number of benzene rings is 1. The van der Waals surface area contributed by atoms with E-state index in [1.165, 1.54) is 18.2 Å². The second-order valence-corrected chi connectivity index (χ2v) is 11.0. The molecule has 0 spiro atoms. The summed E-state index contributed by atoms with van der Waals surface area (Å²) in [7, 11) is 0. The number of esters is 2. The Balaban J connectivity index is 1.75. The van der Waals surface area contributed by atoms with Crippen molar-refractivity contribution >= 4 is 11.9 Å². The van der Waals surface area contributed by atoms with Crippen LogP contribution >= 0.6 is 0 Å². The molecule has 1 aromatic rings. The van der Waals surface area contributed by atoms with Gasteiger partial charge in [-0.3, -0.25) is 9.59 Å². The third kappa shape index (κ3) is 16.4. The molecule has 0 saturated heterocycles. The number of allylic oxidation sites excluding steroid dienone is 2. The Bertz CT molecular complexity index is 1280. The molecule has 6 atom stereocenters. The molecule has 2 unspecified atom stereocenters. The molecule has 0 amide bonds. The molecule has 0 aliphatic heterocycles. The summed E-state index contributed by atoms with van der Waals surface area (Å²) in [6, 6.07) is 4.23. The van der Waals surface area contributed by atoms with Gasteiger partial charge in [0.15, 0.2) is 6.10 Å². The van der Waals surface area contributed by atoms with Crippen LogP contribution in [0.4, 0.5) is 13.2 Å². The molecule has 19 heteroatoms. The van der Waals surface area contributed by atoms with Crippen LogP contribution in [0.1, 0.15) is 50.5 Å². The fourth-order valence-corrected chi connectivity index (χ4v) is 4.82. The zero-order valence-corrected chi connectivity index (χ0v) is 26.2. The Morgan fingerprint density at radius 1 is 0.980 bits per heavy atom. The number of carbonyl (C=O) groups excluding carboxylic acids is 2. The summed E-state index contributed by atoms with van der Waals surface area (Å²) >= 11 is 0. The second-order valence-electron chi connectivity index (χ2n) is 11.0. The first-order chi connectivity index (χ1) is 23.1. The molecule has 1 saturated carbocycles. The first kappa shape index (κ1) is 40.7. The molecule has 0 heterocycles. The summed E-state index contributed by atoms with van der Waals surface area (Å²) in [5.74, 6) is -2.52. The SMILES string of the molecule is O=C(CCC/C=C\C[C@@H]1C(/C=C/[C@@H](O)COc2cccc(C(F)(F)F)c2)[C@H](O)C[C@@H]1O)OCC(CO[N+](=O)[O-])OC(=O)CCCO[N+](=O)[O-]. The van der Waals surface area contributed by atoms with Crippen LogP contribution in [-0.4, -0.2) is 88.3 Å². The Kier molecular flexibility index (Phi) is 17.3. The van der Waals surface area contributed by atoms with Crippen molar-refractivity contribution in [1.29, 1.82) is 0 Å². The molecule has 0 radical (unpaired) electrons. The number of carbonyl (C=O) groups is 2. The zero-order valence-electron chi connectivity index (χ0n) is 26.2. The number of alkyl halides is 3. The van der Waals surface area contributed by atoms with Crippen LogP contribution in [0.2, 0.25) is 0 Å². The highest BCUT2D eigenvalue weighted by molar-refractivity contribution is 5.70. The number of aliphatic hydroxyl groups is 3. The third-order valence-corrected chi connectivity index (χ3v) is 7.20. The maximum Gasteiger partial charge on any atom is 0.416 e. The minimum absolute atomic E-state index is 0.0457. The van der Waals surface area contributed by atoms with Crippen LogP contribution in [0.3, 0.4) is 0 Å². The number of aliphatic hydroxyl groups excluding tert-OH is 3. The smallest absolute Gasteiger partial charge is 0.416 e. The highest BCUT2D eigenvalue weighted by Crippen LogP contribution is 2.36. The maximum absolute atomic E-state index is 12.9. The predicted octanol–water partition coefficient (Wildman–Crippen LogP) is 3.13. The highest BCUT2D eigenvalue weighted by Gasteiger charge is 2.39. The summed E-state index contributed by atoms with van der Waals surface area (Å²) in [6.45, 7) is -1.93. The standard InChI is InChI=1S/C30H39F3N2O14/c31-30(32,33)20-7-5-8-22(15-20)45-17-21(36)12-13-25-24(26(37)16-27(25)38)9-3-1-2-4-10-28(39)46-18-23(19-48-35(43)44)49-29(40)11-6-14-47-34(41)42/h1,3,5,7-8,12-13,15,21,23-27,36-38H,2,4,6,9-11,14,16-19H2/b3-1-,13-12+/t21-,23?,24-,25?,26+,27-/m1/s1. The van der Waals surface area contributed by atoms with E-state index in [-0.39, 0.29) is 44.6 Å². The number of rotatable bonds is 22. The quantitative estimate of drug-likeness (QED) is 0.0517. The fraction of sp³-hybridized carbons (Fsp3) is 0.600. The van der Waals surface area contributed by atoms with E-state index >= 15 is 0 Å². The Morgan fingerprint density at radius 3 is 2.39 bits per heavy atom. The zero-order chi connectivity index (χ0) is 36.4. The van der Waals surface area contributed by atoms with E-state index in [1.807, 2.05) is 0 Å². The van der Waals surface area contributed by atoms with Gasteiger partial charge in [-0.2, -0.15) is 13.2 Å². The lowest BCUT2D eigenvalue weighted by molar-refractivity contribution is -0.759. The number of nitrogens with zero attached hydrogens (tertiary/aromatic N) is 2. The van der Waals surface area contributed by atoms with Gasteiger partial charge >= 0.3 is 18.1 Å². The van der Waals surface area contributed by atoms with Gasteiger partial charge in [0.1, 0.15) is 31.7 Å². The molecule has 1 aliphatic carbocycles. The van der Waals surface area contributed by atoms with Crippen LogP contribution in [0.15, 0.2) is 48.6 Å². The molecule has 16 nitrogen and oxygen atoms in total. The van der Waals surface area contributed by atoms with Crippen molar-refractivity contribution in [2.45, 2.75) is 75.5 Å². The Hall–Kier alpha value is -4.49. The van der Waals surface area contributed by atoms with E-state index in [4.69, 9.17) is 14.2 Å². The average molecular weight is 709 g/mol. The van der Waals surface area contributed by atoms with Gasteiger partial charge in [0.05, 0.1) is 24.4 Å². The van der Waals surface area contributed by atoms with Crippen molar-refractivity contribution in [3.05, 3.63) is 74.4 Å². The van der Waals surface area contributed by atoms with Gasteiger partial charge in [0.2, 0.25) is 0 Å². The summed E-state index contributed by atoms with van der Waals surface area (Å²) in [6.07, 6.45) is -1.47. The van der Waals surface area contributed by atoms with E-state index in [0.29, 0.717) is 19.3 Å². The van der Waals surface area contributed by atoms with Crippen molar-refractivity contribution in [1.82, 2.24) is 0 Å². The molecule has 49 heavy (non-hydrogen) atoms. The van der Waals surface area contributed by atoms with Gasteiger partial charge in [0.25, 0.3) is 10.2 Å². The van der Waals surface area contributed by atoms with E-state index in [0.717, 1.165) is 12.1 Å². The topological polar surface area (TPSA) is 227 Å². The lowest BCUT2D eigenvalue weighted by Gasteiger charge is -2.19. The molecule has 1 aliphatic rings. The predicted molar refractivity (Wildman–Crippen MR) is 159 cm³/mol.